The molecule has 4 aliphatic rings. The van der Waals surface area contributed by atoms with Crippen molar-refractivity contribution in [2.24, 2.45) is 5.41 Å². The van der Waals surface area contributed by atoms with Crippen molar-refractivity contribution in [1.29, 1.82) is 0 Å². The van der Waals surface area contributed by atoms with Gasteiger partial charge in [0.1, 0.15) is 17.9 Å². The molecular formula is C35H45FN7O6S2-. The summed E-state index contributed by atoms with van der Waals surface area (Å²) < 4.78 is 58.0. The zero-order valence-electron chi connectivity index (χ0n) is 29.2. The molecule has 51 heavy (non-hydrogen) atoms. The standard InChI is InChI=1S/C35H46FN7O6S2/c1-23(2)42(26-8-13-47-17-26)34(44)29-14-25(36)4-7-30(29)49-31-15-37-22-38-33(31)41-20-35(21-41)9-11-40(12-10-35)16-28-6-5-27(18-48-28)43(51(45)46)32-19-50-24(3)39-32/h4,7,14-15,19,22-23,26-28H,5-6,8-13,16-18,20-21H2,1-3H3,(H,45,46)/p-1/t26-,27+,28-/m0/s1. The summed E-state index contributed by atoms with van der Waals surface area (Å²) >= 11 is -0.978. The first-order valence-corrected chi connectivity index (χ1v) is 19.6. The van der Waals surface area contributed by atoms with Crippen molar-refractivity contribution < 1.29 is 32.2 Å². The highest BCUT2D eigenvalue weighted by molar-refractivity contribution is 7.80. The number of nitrogens with zero attached hydrogens (tertiary/aromatic N) is 7. The minimum Gasteiger partial charge on any atom is -0.755 e. The number of aryl methyl sites for hydroxylation is 1. The maximum Gasteiger partial charge on any atom is 0.258 e. The molecule has 0 aliphatic carbocycles. The molecule has 1 unspecified atom stereocenters. The minimum absolute atomic E-state index is 0.0652. The van der Waals surface area contributed by atoms with E-state index in [0.29, 0.717) is 37.2 Å². The molecule has 13 nitrogen and oxygen atoms in total. The summed E-state index contributed by atoms with van der Waals surface area (Å²) in [5.41, 5.74) is 0.322. The van der Waals surface area contributed by atoms with Gasteiger partial charge in [-0.3, -0.25) is 13.3 Å². The first-order valence-electron chi connectivity index (χ1n) is 17.7. The second-order valence-electron chi connectivity index (χ2n) is 14.4. The van der Waals surface area contributed by atoms with Gasteiger partial charge >= 0.3 is 0 Å². The van der Waals surface area contributed by atoms with Crippen molar-refractivity contribution in [3.63, 3.8) is 0 Å². The number of amides is 1. The molecule has 1 spiro atoms. The molecule has 1 aromatic carbocycles. The molecule has 3 aromatic rings. The average Bonchev–Trinajstić information content (AvgIpc) is 3.78. The van der Waals surface area contributed by atoms with Gasteiger partial charge in [0.25, 0.3) is 5.91 Å². The second-order valence-corrected chi connectivity index (χ2v) is 16.3. The fourth-order valence-corrected chi connectivity index (χ4v) is 9.20. The number of benzene rings is 1. The molecule has 6 heterocycles. The van der Waals surface area contributed by atoms with Crippen LogP contribution in [0.3, 0.4) is 0 Å². The summed E-state index contributed by atoms with van der Waals surface area (Å²) in [6.07, 6.45) is 7.49. The Balaban J connectivity index is 0.936. The molecule has 0 N–H and O–H groups in total. The van der Waals surface area contributed by atoms with E-state index in [9.17, 15) is 17.9 Å². The van der Waals surface area contributed by atoms with Crippen LogP contribution in [0.5, 0.6) is 11.5 Å². The number of ether oxygens (including phenoxy) is 3. The molecule has 4 atom stereocenters. The Bertz CT molecular complexity index is 1700. The minimum atomic E-state index is -2.41. The van der Waals surface area contributed by atoms with Gasteiger partial charge in [-0.25, -0.2) is 19.3 Å². The van der Waals surface area contributed by atoms with E-state index in [-0.39, 0.29) is 46.9 Å². The van der Waals surface area contributed by atoms with E-state index in [1.807, 2.05) is 20.8 Å². The first-order chi connectivity index (χ1) is 24.6. The number of thiazole rings is 1. The fourth-order valence-electron chi connectivity index (χ4n) is 7.89. The number of halogens is 1. The van der Waals surface area contributed by atoms with Crippen molar-refractivity contribution >= 4 is 40.1 Å². The number of carbonyl (C=O) groups is 1. The molecule has 2 aromatic heterocycles. The summed E-state index contributed by atoms with van der Waals surface area (Å²) in [4.78, 5) is 33.4. The lowest BCUT2D eigenvalue weighted by atomic mass is 9.72. The highest BCUT2D eigenvalue weighted by atomic mass is 32.2. The maximum absolute atomic E-state index is 14.5. The summed E-state index contributed by atoms with van der Waals surface area (Å²) in [7, 11) is 0. The van der Waals surface area contributed by atoms with Crippen molar-refractivity contribution in [2.45, 2.75) is 77.1 Å². The summed E-state index contributed by atoms with van der Waals surface area (Å²) in [6, 6.07) is 3.60. The van der Waals surface area contributed by atoms with Gasteiger partial charge in [0.05, 0.1) is 48.2 Å². The van der Waals surface area contributed by atoms with E-state index in [1.165, 1.54) is 40.2 Å². The summed E-state index contributed by atoms with van der Waals surface area (Å²) in [6.45, 7) is 11.5. The van der Waals surface area contributed by atoms with E-state index in [0.717, 1.165) is 69.8 Å². The number of aromatic nitrogens is 3. The van der Waals surface area contributed by atoms with Crippen LogP contribution >= 0.6 is 11.3 Å². The second kappa shape index (κ2) is 15.4. The van der Waals surface area contributed by atoms with E-state index in [2.05, 4.69) is 24.8 Å². The van der Waals surface area contributed by atoms with Crippen molar-refractivity contribution in [2.75, 3.05) is 61.7 Å². The van der Waals surface area contributed by atoms with Crippen LogP contribution in [0, 0.1) is 18.2 Å². The molecule has 0 radical (unpaired) electrons. The van der Waals surface area contributed by atoms with Gasteiger partial charge in [-0.2, -0.15) is 0 Å². The Morgan fingerprint density at radius 2 is 1.98 bits per heavy atom. The molecule has 0 bridgehead atoms. The lowest BCUT2D eigenvalue weighted by Gasteiger charge is -2.54. The maximum atomic E-state index is 14.5. The van der Waals surface area contributed by atoms with Gasteiger partial charge in [0, 0.05) is 54.3 Å². The zero-order valence-corrected chi connectivity index (χ0v) is 30.9. The first kappa shape index (κ1) is 36.1. The predicted molar refractivity (Wildman–Crippen MR) is 190 cm³/mol. The van der Waals surface area contributed by atoms with Crippen molar-refractivity contribution in [3.8, 4) is 11.5 Å². The van der Waals surface area contributed by atoms with Crippen molar-refractivity contribution in [1.82, 2.24) is 24.8 Å². The lowest BCUT2D eigenvalue weighted by Crippen LogP contribution is -2.61. The van der Waals surface area contributed by atoms with E-state index >= 15 is 0 Å². The quantitative estimate of drug-likeness (QED) is 0.256. The largest absolute Gasteiger partial charge is 0.755 e. The number of carbonyl (C=O) groups excluding carboxylic acids is 1. The number of anilines is 2. The third kappa shape index (κ3) is 7.90. The van der Waals surface area contributed by atoms with Crippen LogP contribution in [0.25, 0.3) is 0 Å². The number of rotatable bonds is 11. The molecule has 4 saturated heterocycles. The topological polar surface area (TPSA) is 137 Å². The van der Waals surface area contributed by atoms with Crippen LogP contribution in [-0.4, -0.2) is 116 Å². The van der Waals surface area contributed by atoms with Gasteiger partial charge in [0.15, 0.2) is 17.4 Å². The number of piperidine rings is 1. The summed E-state index contributed by atoms with van der Waals surface area (Å²) in [5, 5.41) is 2.61. The third-order valence-electron chi connectivity index (χ3n) is 10.5. The highest BCUT2D eigenvalue weighted by Crippen LogP contribution is 2.45. The molecule has 1 amide bonds. The molecule has 0 saturated carbocycles. The Morgan fingerprint density at radius 1 is 1.18 bits per heavy atom. The Hall–Kier alpha value is -3.28. The SMILES string of the molecule is Cc1nc(N([C@@H]2CC[C@@H](CN3CCC4(CC3)CN(c3ncncc3Oc3ccc(F)cc3C(=O)N(C(C)C)[C@H]3CCOC3)C4)OC2)S(=O)[O-])cs1. The fraction of sp³-hybridized carbons (Fsp3) is 0.600. The monoisotopic (exact) mass is 742 g/mol. The van der Waals surface area contributed by atoms with E-state index in [1.54, 1.807) is 16.5 Å². The third-order valence-corrected chi connectivity index (χ3v) is 12.1. The van der Waals surface area contributed by atoms with Crippen LogP contribution in [0.1, 0.15) is 61.3 Å². The average molecular weight is 743 g/mol. The molecule has 4 fully saturated rings. The van der Waals surface area contributed by atoms with Gasteiger partial charge in [-0.1, -0.05) is 0 Å². The van der Waals surface area contributed by atoms with Gasteiger partial charge in [-0.05, 0) is 84.2 Å². The van der Waals surface area contributed by atoms with Gasteiger partial charge in [-0.15, -0.1) is 11.3 Å². The van der Waals surface area contributed by atoms with E-state index in [4.69, 9.17) is 14.2 Å². The van der Waals surface area contributed by atoms with E-state index < -0.39 is 17.1 Å². The van der Waals surface area contributed by atoms with Crippen molar-refractivity contribution in [3.05, 3.63) is 52.5 Å². The summed E-state index contributed by atoms with van der Waals surface area (Å²) in [5.74, 6) is 0.983. The molecule has 7 rings (SSSR count). The van der Waals surface area contributed by atoms with Crippen LogP contribution in [0.4, 0.5) is 16.0 Å². The molecular weight excluding hydrogens is 698 g/mol. The van der Waals surface area contributed by atoms with Crippen LogP contribution < -0.4 is 13.9 Å². The number of hydrogen-bond donors (Lipinski definition) is 0. The smallest absolute Gasteiger partial charge is 0.258 e. The van der Waals surface area contributed by atoms with Gasteiger partial charge < -0.3 is 33.5 Å². The van der Waals surface area contributed by atoms with Gasteiger partial charge in [0.2, 0.25) is 0 Å². The normalized spacial score (nSPS) is 24.0. The molecule has 4 aliphatic heterocycles. The number of likely N-dealkylation sites (tertiary alicyclic amines) is 1. The highest BCUT2D eigenvalue weighted by Gasteiger charge is 2.46. The Labute approximate surface area is 304 Å². The Morgan fingerprint density at radius 3 is 2.63 bits per heavy atom. The number of hydrogen-bond acceptors (Lipinski definition) is 12. The van der Waals surface area contributed by atoms with Crippen LogP contribution in [0.15, 0.2) is 36.1 Å². The predicted octanol–water partition coefficient (Wildman–Crippen LogP) is 4.56. The van der Waals surface area contributed by atoms with Crippen LogP contribution in [0.2, 0.25) is 0 Å². The van der Waals surface area contributed by atoms with Crippen LogP contribution in [-0.2, 0) is 20.7 Å². The zero-order chi connectivity index (χ0) is 35.7. The Kier molecular flexibility index (Phi) is 10.9. The molecule has 16 heteroatoms. The molecule has 276 valence electrons. The lowest BCUT2D eigenvalue weighted by molar-refractivity contribution is -0.0270.